The molecule has 0 saturated heterocycles. The van der Waals surface area contributed by atoms with Crippen LogP contribution in [0.25, 0.3) is 0 Å². The second kappa shape index (κ2) is 5.61. The molecule has 94 valence electrons. The van der Waals surface area contributed by atoms with Gasteiger partial charge < -0.3 is 4.74 Å². The molecule has 0 radical (unpaired) electrons. The number of benzene rings is 1. The summed E-state index contributed by atoms with van der Waals surface area (Å²) in [6, 6.07) is 4.31. The van der Waals surface area contributed by atoms with Crippen molar-refractivity contribution in [3.05, 3.63) is 34.6 Å². The van der Waals surface area contributed by atoms with Gasteiger partial charge in [-0.2, -0.15) is 0 Å². The molecule has 1 unspecified atom stereocenters. The van der Waals surface area contributed by atoms with Gasteiger partial charge in [0.05, 0.1) is 0 Å². The van der Waals surface area contributed by atoms with Gasteiger partial charge in [0.2, 0.25) is 0 Å². The average molecular weight is 259 g/mol. The van der Waals surface area contributed by atoms with Gasteiger partial charge in [-0.05, 0) is 31.0 Å². The van der Waals surface area contributed by atoms with Gasteiger partial charge in [-0.3, -0.25) is 4.79 Å². The van der Waals surface area contributed by atoms with E-state index < -0.39 is 11.4 Å². The van der Waals surface area contributed by atoms with Crippen LogP contribution in [0.15, 0.2) is 18.2 Å². The second-order valence-corrected chi connectivity index (χ2v) is 4.56. The predicted molar refractivity (Wildman–Crippen MR) is 65.8 cm³/mol. The molecule has 0 aliphatic rings. The summed E-state index contributed by atoms with van der Waals surface area (Å²) in [5, 5.41) is 0.323. The van der Waals surface area contributed by atoms with Gasteiger partial charge in [-0.15, -0.1) is 0 Å². The van der Waals surface area contributed by atoms with Crippen LogP contribution in [0.1, 0.15) is 25.8 Å². The molecule has 0 aliphatic carbocycles. The van der Waals surface area contributed by atoms with Gasteiger partial charge >= 0.3 is 0 Å². The quantitative estimate of drug-likeness (QED) is 0.809. The van der Waals surface area contributed by atoms with Crippen molar-refractivity contribution < 1.29 is 13.9 Å². The maximum absolute atomic E-state index is 13.5. The van der Waals surface area contributed by atoms with Crippen molar-refractivity contribution in [2.45, 2.75) is 32.3 Å². The summed E-state index contributed by atoms with van der Waals surface area (Å²) in [5.41, 5.74) is -0.511. The molecule has 17 heavy (non-hydrogen) atoms. The minimum Gasteiger partial charge on any atom is -0.371 e. The van der Waals surface area contributed by atoms with Crippen LogP contribution in [-0.4, -0.2) is 18.5 Å². The lowest BCUT2D eigenvalue weighted by molar-refractivity contribution is -0.138. The summed E-state index contributed by atoms with van der Waals surface area (Å²) >= 11 is 5.65. The van der Waals surface area contributed by atoms with Crippen molar-refractivity contribution in [1.29, 1.82) is 0 Å². The monoisotopic (exact) mass is 258 g/mol. The average Bonchev–Trinajstić information content (AvgIpc) is 2.31. The van der Waals surface area contributed by atoms with E-state index in [-0.39, 0.29) is 12.2 Å². The number of carbonyl (C=O) groups is 1. The highest BCUT2D eigenvalue weighted by atomic mass is 35.5. The minimum atomic E-state index is -0.855. The third kappa shape index (κ3) is 3.27. The Morgan fingerprint density at radius 2 is 2.18 bits per heavy atom. The fourth-order valence-corrected chi connectivity index (χ4v) is 1.64. The number of ether oxygens (including phenoxy) is 1. The van der Waals surface area contributed by atoms with Crippen LogP contribution in [-0.2, 0) is 16.0 Å². The number of rotatable bonds is 5. The molecule has 1 aromatic rings. The number of ketones is 1. The van der Waals surface area contributed by atoms with Crippen LogP contribution in [0.3, 0.4) is 0 Å². The van der Waals surface area contributed by atoms with Crippen LogP contribution in [0.4, 0.5) is 4.39 Å². The van der Waals surface area contributed by atoms with Gasteiger partial charge in [0, 0.05) is 18.6 Å². The highest BCUT2D eigenvalue weighted by molar-refractivity contribution is 6.30. The fourth-order valence-electron chi connectivity index (χ4n) is 1.48. The van der Waals surface area contributed by atoms with Gasteiger partial charge in [0.1, 0.15) is 11.4 Å². The molecule has 0 amide bonds. The van der Waals surface area contributed by atoms with Crippen molar-refractivity contribution in [3.8, 4) is 0 Å². The summed E-state index contributed by atoms with van der Waals surface area (Å²) in [6.45, 7) is 3.57. The largest absolute Gasteiger partial charge is 0.371 e. The van der Waals surface area contributed by atoms with Crippen molar-refractivity contribution in [3.63, 3.8) is 0 Å². The molecule has 0 saturated carbocycles. The predicted octanol–water partition coefficient (Wildman–Crippen LogP) is 3.41. The van der Waals surface area contributed by atoms with Crippen LogP contribution < -0.4 is 0 Å². The van der Waals surface area contributed by atoms with E-state index in [4.69, 9.17) is 16.3 Å². The molecule has 1 rings (SSSR count). The number of carbonyl (C=O) groups excluding carboxylic acids is 1. The summed E-state index contributed by atoms with van der Waals surface area (Å²) in [4.78, 5) is 12.0. The lowest BCUT2D eigenvalue weighted by atomic mass is 9.92. The second-order valence-electron chi connectivity index (χ2n) is 4.12. The Morgan fingerprint density at radius 3 is 2.65 bits per heavy atom. The Hall–Kier alpha value is -0.930. The Kier molecular flexibility index (Phi) is 4.66. The van der Waals surface area contributed by atoms with Gasteiger partial charge in [0.15, 0.2) is 5.78 Å². The van der Waals surface area contributed by atoms with E-state index in [1.807, 2.05) is 6.92 Å². The van der Waals surface area contributed by atoms with E-state index in [0.717, 1.165) is 0 Å². The fraction of sp³-hybridized carbons (Fsp3) is 0.462. The molecule has 1 aromatic carbocycles. The van der Waals surface area contributed by atoms with E-state index in [1.165, 1.54) is 19.2 Å². The Bertz CT molecular complexity index is 414. The summed E-state index contributed by atoms with van der Waals surface area (Å²) in [6.07, 6.45) is 0.568. The molecule has 2 nitrogen and oxygen atoms in total. The molecular weight excluding hydrogens is 243 g/mol. The zero-order valence-corrected chi connectivity index (χ0v) is 11.0. The number of hydrogen-bond donors (Lipinski definition) is 0. The van der Waals surface area contributed by atoms with E-state index in [9.17, 15) is 9.18 Å². The van der Waals surface area contributed by atoms with Crippen LogP contribution in [0, 0.1) is 5.82 Å². The Labute approximate surface area is 106 Å². The van der Waals surface area contributed by atoms with Crippen molar-refractivity contribution in [2.75, 3.05) is 7.11 Å². The first kappa shape index (κ1) is 14.1. The van der Waals surface area contributed by atoms with Crippen molar-refractivity contribution >= 4 is 17.4 Å². The lowest BCUT2D eigenvalue weighted by Gasteiger charge is -2.25. The number of halogens is 2. The first-order valence-corrected chi connectivity index (χ1v) is 5.83. The number of hydrogen-bond acceptors (Lipinski definition) is 2. The molecule has 0 bridgehead atoms. The summed E-state index contributed by atoms with van der Waals surface area (Å²) in [7, 11) is 1.49. The maximum atomic E-state index is 13.5. The van der Waals surface area contributed by atoms with E-state index in [2.05, 4.69) is 0 Å². The lowest BCUT2D eigenvalue weighted by Crippen LogP contribution is -2.38. The molecule has 0 spiro atoms. The van der Waals surface area contributed by atoms with Gasteiger partial charge in [-0.25, -0.2) is 4.39 Å². The zero-order chi connectivity index (χ0) is 13.1. The first-order chi connectivity index (χ1) is 7.92. The molecule has 0 heterocycles. The molecule has 1 atom stereocenters. The normalized spacial score (nSPS) is 14.4. The first-order valence-electron chi connectivity index (χ1n) is 5.45. The third-order valence-corrected chi connectivity index (χ3v) is 3.32. The van der Waals surface area contributed by atoms with Crippen molar-refractivity contribution in [2.24, 2.45) is 0 Å². The van der Waals surface area contributed by atoms with Crippen LogP contribution in [0.5, 0.6) is 0 Å². The van der Waals surface area contributed by atoms with E-state index in [1.54, 1.807) is 13.0 Å². The topological polar surface area (TPSA) is 26.3 Å². The van der Waals surface area contributed by atoms with Crippen molar-refractivity contribution in [1.82, 2.24) is 0 Å². The maximum Gasteiger partial charge on any atom is 0.168 e. The summed E-state index contributed by atoms with van der Waals surface area (Å²) < 4.78 is 18.7. The van der Waals surface area contributed by atoms with Gasteiger partial charge in [-0.1, -0.05) is 24.6 Å². The zero-order valence-electron chi connectivity index (χ0n) is 10.2. The molecule has 0 N–H and O–H groups in total. The Morgan fingerprint density at radius 1 is 1.53 bits per heavy atom. The molecular formula is C13H16ClFO2. The molecule has 4 heteroatoms. The SMILES string of the molecule is CCC(C)(OC)C(=O)Cc1ccc(Cl)cc1F. The highest BCUT2D eigenvalue weighted by Crippen LogP contribution is 2.21. The number of Topliss-reactive ketones (excluding diaryl/α,β-unsaturated/α-hetero) is 1. The number of methoxy groups -OCH3 is 1. The van der Waals surface area contributed by atoms with E-state index >= 15 is 0 Å². The highest BCUT2D eigenvalue weighted by Gasteiger charge is 2.30. The Balaban J connectivity index is 2.88. The standard InChI is InChI=1S/C13H16ClFO2/c1-4-13(2,17-3)12(16)7-9-5-6-10(14)8-11(9)15/h5-6,8H,4,7H2,1-3H3. The van der Waals surface area contributed by atoms with Gasteiger partial charge in [0.25, 0.3) is 0 Å². The summed E-state index contributed by atoms with van der Waals surface area (Å²) in [5.74, 6) is -0.593. The molecule has 0 aliphatic heterocycles. The third-order valence-electron chi connectivity index (χ3n) is 3.08. The molecule has 0 fully saturated rings. The van der Waals surface area contributed by atoms with Crippen LogP contribution in [0.2, 0.25) is 5.02 Å². The van der Waals surface area contributed by atoms with Crippen LogP contribution >= 0.6 is 11.6 Å². The molecule has 0 aromatic heterocycles. The van der Waals surface area contributed by atoms with E-state index in [0.29, 0.717) is 17.0 Å². The smallest absolute Gasteiger partial charge is 0.168 e. The minimum absolute atomic E-state index is 0.0151.